The van der Waals surface area contributed by atoms with E-state index >= 15 is 0 Å². The Bertz CT molecular complexity index is 711. The van der Waals surface area contributed by atoms with Gasteiger partial charge in [0.1, 0.15) is 0 Å². The number of amides is 1. The van der Waals surface area contributed by atoms with Crippen LogP contribution in [0.2, 0.25) is 0 Å². The lowest BCUT2D eigenvalue weighted by molar-refractivity contribution is 0.0882. The van der Waals surface area contributed by atoms with Crippen LogP contribution in [-0.2, 0) is 0 Å². The summed E-state index contributed by atoms with van der Waals surface area (Å²) < 4.78 is 1.80. The Balaban J connectivity index is 0.00000288. The van der Waals surface area contributed by atoms with Crippen molar-refractivity contribution in [2.75, 3.05) is 6.54 Å². The molecule has 0 aliphatic rings. The molecule has 1 heterocycles. The van der Waals surface area contributed by atoms with Crippen molar-refractivity contribution in [3.05, 3.63) is 47.3 Å². The van der Waals surface area contributed by atoms with E-state index in [2.05, 4.69) is 24.3 Å². The third kappa shape index (κ3) is 3.79. The van der Waals surface area contributed by atoms with Crippen molar-refractivity contribution in [2.45, 2.75) is 40.2 Å². The number of nitrogens with one attached hydrogen (secondary N) is 1. The highest BCUT2D eigenvalue weighted by atomic mass is 35.5. The maximum Gasteiger partial charge on any atom is 0.255 e. The van der Waals surface area contributed by atoms with E-state index in [1.54, 1.807) is 10.9 Å². The summed E-state index contributed by atoms with van der Waals surface area (Å²) >= 11 is 0. The molecule has 1 amide bonds. The molecule has 2 rings (SSSR count). The van der Waals surface area contributed by atoms with Crippen LogP contribution in [0.25, 0.3) is 5.69 Å². The number of aromatic nitrogens is 2. The Morgan fingerprint density at radius 1 is 1.33 bits per heavy atom. The van der Waals surface area contributed by atoms with Crippen LogP contribution in [0, 0.1) is 19.8 Å². The molecule has 3 N–H and O–H groups in total. The first-order valence-corrected chi connectivity index (χ1v) is 7.93. The zero-order chi connectivity index (χ0) is 17.2. The minimum Gasteiger partial charge on any atom is -0.345 e. The van der Waals surface area contributed by atoms with Gasteiger partial charge in [-0.2, -0.15) is 5.10 Å². The number of halogens is 1. The molecule has 0 saturated heterocycles. The SMILES string of the molecule is Cc1ccccc1-n1ncc(C(=O)NC(C)(CN)C(C)C)c1C.Cl. The van der Waals surface area contributed by atoms with E-state index in [-0.39, 0.29) is 24.2 Å². The van der Waals surface area contributed by atoms with Crippen molar-refractivity contribution in [3.63, 3.8) is 0 Å². The van der Waals surface area contributed by atoms with Gasteiger partial charge in [-0.05, 0) is 38.3 Å². The smallest absolute Gasteiger partial charge is 0.255 e. The summed E-state index contributed by atoms with van der Waals surface area (Å²) in [5.41, 5.74) is 8.91. The van der Waals surface area contributed by atoms with Gasteiger partial charge in [0.05, 0.1) is 28.7 Å². The summed E-state index contributed by atoms with van der Waals surface area (Å²) in [6, 6.07) is 7.98. The molecule has 2 aromatic rings. The summed E-state index contributed by atoms with van der Waals surface area (Å²) in [6.45, 7) is 10.4. The van der Waals surface area contributed by atoms with Crippen molar-refractivity contribution in [3.8, 4) is 5.69 Å². The van der Waals surface area contributed by atoms with Gasteiger partial charge in [0.2, 0.25) is 0 Å². The van der Waals surface area contributed by atoms with Gasteiger partial charge in [-0.25, -0.2) is 4.68 Å². The molecule has 5 nitrogen and oxygen atoms in total. The number of para-hydroxylation sites is 1. The second-order valence-corrected chi connectivity index (χ2v) is 6.57. The van der Waals surface area contributed by atoms with E-state index in [0.29, 0.717) is 12.1 Å². The predicted octanol–water partition coefficient (Wildman–Crippen LogP) is 3.01. The standard InChI is InChI=1S/C18H26N4O.ClH/c1-12(2)18(5,11-19)21-17(23)15-10-20-22(14(15)4)16-9-7-6-8-13(16)3;/h6-10,12H,11,19H2,1-5H3,(H,21,23);1H. The molecule has 0 saturated carbocycles. The van der Waals surface area contributed by atoms with Crippen LogP contribution in [0.4, 0.5) is 0 Å². The van der Waals surface area contributed by atoms with Crippen LogP contribution in [-0.4, -0.2) is 27.8 Å². The van der Waals surface area contributed by atoms with Crippen LogP contribution >= 0.6 is 12.4 Å². The van der Waals surface area contributed by atoms with Gasteiger partial charge in [0, 0.05) is 6.54 Å². The fraction of sp³-hybridized carbons (Fsp3) is 0.444. The monoisotopic (exact) mass is 350 g/mol. The molecule has 1 unspecified atom stereocenters. The molecule has 6 heteroatoms. The van der Waals surface area contributed by atoms with Gasteiger partial charge in [0.15, 0.2) is 0 Å². The first-order chi connectivity index (χ1) is 10.8. The maximum absolute atomic E-state index is 12.7. The predicted molar refractivity (Wildman–Crippen MR) is 100 cm³/mol. The Morgan fingerprint density at radius 3 is 2.50 bits per heavy atom. The number of aryl methyl sites for hydroxylation is 1. The average molecular weight is 351 g/mol. The minimum absolute atomic E-state index is 0. The highest BCUT2D eigenvalue weighted by Gasteiger charge is 2.30. The first-order valence-electron chi connectivity index (χ1n) is 7.93. The zero-order valence-electron chi connectivity index (χ0n) is 15.0. The summed E-state index contributed by atoms with van der Waals surface area (Å²) in [5, 5.41) is 7.45. The van der Waals surface area contributed by atoms with E-state index in [4.69, 9.17) is 5.73 Å². The topological polar surface area (TPSA) is 72.9 Å². The van der Waals surface area contributed by atoms with E-state index in [1.807, 2.05) is 45.0 Å². The second-order valence-electron chi connectivity index (χ2n) is 6.57. The van der Waals surface area contributed by atoms with Gasteiger partial charge in [-0.1, -0.05) is 32.0 Å². The Hall–Kier alpha value is -1.85. The Morgan fingerprint density at radius 2 is 1.96 bits per heavy atom. The Labute approximate surface area is 150 Å². The largest absolute Gasteiger partial charge is 0.345 e. The van der Waals surface area contributed by atoms with Crippen molar-refractivity contribution in [1.82, 2.24) is 15.1 Å². The van der Waals surface area contributed by atoms with Crippen LogP contribution in [0.1, 0.15) is 42.4 Å². The number of benzene rings is 1. The molecular formula is C18H27ClN4O. The molecule has 0 radical (unpaired) electrons. The number of hydrogen-bond acceptors (Lipinski definition) is 3. The van der Waals surface area contributed by atoms with Crippen LogP contribution in [0.15, 0.2) is 30.5 Å². The van der Waals surface area contributed by atoms with E-state index in [0.717, 1.165) is 16.9 Å². The minimum atomic E-state index is -0.436. The molecule has 0 aliphatic carbocycles. The maximum atomic E-state index is 12.7. The molecule has 1 atom stereocenters. The normalized spacial score (nSPS) is 13.3. The fourth-order valence-electron chi connectivity index (χ4n) is 2.43. The average Bonchev–Trinajstić information content (AvgIpc) is 2.89. The zero-order valence-corrected chi connectivity index (χ0v) is 15.8. The van der Waals surface area contributed by atoms with E-state index in [1.165, 1.54) is 0 Å². The van der Waals surface area contributed by atoms with Gasteiger partial charge in [-0.15, -0.1) is 12.4 Å². The number of carbonyl (C=O) groups excluding carboxylic acids is 1. The number of nitrogens with two attached hydrogens (primary N) is 1. The first kappa shape index (κ1) is 20.2. The summed E-state index contributed by atoms with van der Waals surface area (Å²) in [6.07, 6.45) is 1.62. The van der Waals surface area contributed by atoms with Gasteiger partial charge in [-0.3, -0.25) is 4.79 Å². The van der Waals surface area contributed by atoms with Gasteiger partial charge < -0.3 is 11.1 Å². The van der Waals surface area contributed by atoms with Crippen LogP contribution < -0.4 is 11.1 Å². The third-order valence-corrected chi connectivity index (χ3v) is 4.70. The molecule has 132 valence electrons. The van der Waals surface area contributed by atoms with Crippen LogP contribution in [0.3, 0.4) is 0 Å². The van der Waals surface area contributed by atoms with Crippen molar-refractivity contribution in [1.29, 1.82) is 0 Å². The van der Waals surface area contributed by atoms with Gasteiger partial charge >= 0.3 is 0 Å². The molecule has 1 aromatic heterocycles. The lowest BCUT2D eigenvalue weighted by Gasteiger charge is -2.33. The second kappa shape index (κ2) is 7.81. The third-order valence-electron chi connectivity index (χ3n) is 4.70. The number of carbonyl (C=O) groups is 1. The molecule has 0 aliphatic heterocycles. The summed E-state index contributed by atoms with van der Waals surface area (Å²) in [5.74, 6) is 0.104. The quantitative estimate of drug-likeness (QED) is 0.870. The number of hydrogen-bond donors (Lipinski definition) is 2. The molecular weight excluding hydrogens is 324 g/mol. The molecule has 0 fully saturated rings. The van der Waals surface area contributed by atoms with Crippen molar-refractivity contribution in [2.24, 2.45) is 11.7 Å². The summed E-state index contributed by atoms with van der Waals surface area (Å²) in [4.78, 5) is 12.7. The fourth-order valence-corrected chi connectivity index (χ4v) is 2.43. The van der Waals surface area contributed by atoms with Crippen molar-refractivity contribution < 1.29 is 4.79 Å². The van der Waals surface area contributed by atoms with Crippen molar-refractivity contribution >= 4 is 18.3 Å². The van der Waals surface area contributed by atoms with Crippen LogP contribution in [0.5, 0.6) is 0 Å². The number of rotatable bonds is 5. The highest BCUT2D eigenvalue weighted by molar-refractivity contribution is 5.95. The van der Waals surface area contributed by atoms with E-state index < -0.39 is 5.54 Å². The molecule has 24 heavy (non-hydrogen) atoms. The molecule has 1 aromatic carbocycles. The van der Waals surface area contributed by atoms with E-state index in [9.17, 15) is 4.79 Å². The highest BCUT2D eigenvalue weighted by Crippen LogP contribution is 2.20. The lowest BCUT2D eigenvalue weighted by Crippen LogP contribution is -2.55. The summed E-state index contributed by atoms with van der Waals surface area (Å²) in [7, 11) is 0. The van der Waals surface area contributed by atoms with Gasteiger partial charge in [0.25, 0.3) is 5.91 Å². The molecule has 0 bridgehead atoms. The number of nitrogens with zero attached hydrogens (tertiary/aromatic N) is 2. The Kier molecular flexibility index (Phi) is 6.58. The lowest BCUT2D eigenvalue weighted by atomic mass is 9.88. The molecule has 0 spiro atoms.